The molecule has 0 unspecified atom stereocenters. The number of hydrogen-bond donors (Lipinski definition) is 3. The van der Waals surface area contributed by atoms with E-state index in [1.165, 1.54) is 0 Å². The molecule has 2 rings (SSSR count). The molecule has 0 amide bonds. The van der Waals surface area contributed by atoms with Crippen molar-refractivity contribution in [1.82, 2.24) is 20.0 Å². The Bertz CT molecular complexity index is 314. The zero-order valence-corrected chi connectivity index (χ0v) is 9.03. The maximum absolute atomic E-state index is 5.76. The standard InChI is InChI=1S/C9H18N6/c1-11-9-8(10)6-13-15(9)5-4-14-3-2-12-7-14/h6,11-12H,2-5,7,10H2,1H3. The molecule has 1 aromatic heterocycles. The van der Waals surface area contributed by atoms with E-state index in [9.17, 15) is 0 Å². The topological polar surface area (TPSA) is 71.1 Å². The molecule has 15 heavy (non-hydrogen) atoms. The van der Waals surface area contributed by atoms with E-state index in [4.69, 9.17) is 5.73 Å². The number of nitrogen functional groups attached to an aromatic ring is 1. The normalized spacial score (nSPS) is 17.1. The van der Waals surface area contributed by atoms with Gasteiger partial charge in [-0.05, 0) is 0 Å². The van der Waals surface area contributed by atoms with Crippen molar-refractivity contribution in [2.24, 2.45) is 0 Å². The van der Waals surface area contributed by atoms with E-state index in [-0.39, 0.29) is 0 Å². The van der Waals surface area contributed by atoms with Gasteiger partial charge in [0.2, 0.25) is 0 Å². The molecule has 6 nitrogen and oxygen atoms in total. The SMILES string of the molecule is CNc1c(N)cnn1CCN1CCNC1. The largest absolute Gasteiger partial charge is 0.394 e. The highest BCUT2D eigenvalue weighted by Gasteiger charge is 2.12. The molecule has 84 valence electrons. The average Bonchev–Trinajstić information content (AvgIpc) is 2.84. The highest BCUT2D eigenvalue weighted by Crippen LogP contribution is 2.16. The van der Waals surface area contributed by atoms with Gasteiger partial charge in [-0.25, -0.2) is 4.68 Å². The van der Waals surface area contributed by atoms with Crippen LogP contribution in [0.1, 0.15) is 0 Å². The molecule has 1 aliphatic rings. The van der Waals surface area contributed by atoms with E-state index in [1.807, 2.05) is 11.7 Å². The van der Waals surface area contributed by atoms with Gasteiger partial charge < -0.3 is 16.4 Å². The van der Waals surface area contributed by atoms with Crippen molar-refractivity contribution < 1.29 is 0 Å². The lowest BCUT2D eigenvalue weighted by atomic mass is 10.5. The third-order valence-corrected chi connectivity index (χ3v) is 2.67. The molecule has 0 spiro atoms. The third kappa shape index (κ3) is 2.21. The summed E-state index contributed by atoms with van der Waals surface area (Å²) >= 11 is 0. The van der Waals surface area contributed by atoms with Gasteiger partial charge in [0.1, 0.15) is 5.82 Å². The van der Waals surface area contributed by atoms with Gasteiger partial charge in [-0.3, -0.25) is 4.90 Å². The number of nitrogens with two attached hydrogens (primary N) is 1. The Labute approximate surface area is 89.4 Å². The van der Waals surface area contributed by atoms with Crippen LogP contribution in [-0.2, 0) is 6.54 Å². The first kappa shape index (κ1) is 10.3. The smallest absolute Gasteiger partial charge is 0.147 e. The fourth-order valence-corrected chi connectivity index (χ4v) is 1.82. The lowest BCUT2D eigenvalue weighted by Crippen LogP contribution is -2.26. The van der Waals surface area contributed by atoms with Gasteiger partial charge in [0.05, 0.1) is 18.4 Å². The lowest BCUT2D eigenvalue weighted by molar-refractivity contribution is 0.313. The summed E-state index contributed by atoms with van der Waals surface area (Å²) in [6, 6.07) is 0. The molecule has 0 bridgehead atoms. The van der Waals surface area contributed by atoms with E-state index in [0.29, 0.717) is 5.69 Å². The third-order valence-electron chi connectivity index (χ3n) is 2.67. The molecular formula is C9H18N6. The second-order valence-corrected chi connectivity index (χ2v) is 3.70. The molecule has 1 aromatic rings. The minimum Gasteiger partial charge on any atom is -0.394 e. The average molecular weight is 210 g/mol. The molecule has 0 aliphatic carbocycles. The summed E-state index contributed by atoms with van der Waals surface area (Å²) in [5.41, 5.74) is 6.47. The molecule has 1 saturated heterocycles. The second-order valence-electron chi connectivity index (χ2n) is 3.70. The van der Waals surface area contributed by atoms with Crippen LogP contribution in [0.5, 0.6) is 0 Å². The summed E-state index contributed by atoms with van der Waals surface area (Å²) < 4.78 is 1.91. The van der Waals surface area contributed by atoms with Crippen LogP contribution in [-0.4, -0.2) is 48.0 Å². The van der Waals surface area contributed by atoms with Gasteiger partial charge in [0, 0.05) is 33.4 Å². The van der Waals surface area contributed by atoms with Gasteiger partial charge >= 0.3 is 0 Å². The predicted octanol–water partition coefficient (Wildman–Crippen LogP) is -0.630. The molecule has 6 heteroatoms. The quantitative estimate of drug-likeness (QED) is 0.617. The first-order valence-corrected chi connectivity index (χ1v) is 5.23. The Kier molecular flexibility index (Phi) is 3.08. The number of rotatable bonds is 4. The van der Waals surface area contributed by atoms with E-state index >= 15 is 0 Å². The van der Waals surface area contributed by atoms with Crippen LogP contribution in [0.15, 0.2) is 6.20 Å². The molecule has 1 aliphatic heterocycles. The summed E-state index contributed by atoms with van der Waals surface area (Å²) in [5, 5.41) is 10.6. The number of nitrogens with one attached hydrogen (secondary N) is 2. The Hall–Kier alpha value is -1.27. The van der Waals surface area contributed by atoms with Crippen LogP contribution >= 0.6 is 0 Å². The molecule has 2 heterocycles. The Morgan fingerprint density at radius 1 is 1.60 bits per heavy atom. The van der Waals surface area contributed by atoms with Gasteiger partial charge in [0.25, 0.3) is 0 Å². The predicted molar refractivity (Wildman–Crippen MR) is 60.6 cm³/mol. The van der Waals surface area contributed by atoms with Crippen LogP contribution < -0.4 is 16.4 Å². The Morgan fingerprint density at radius 3 is 3.13 bits per heavy atom. The molecule has 0 aromatic carbocycles. The van der Waals surface area contributed by atoms with Crippen molar-refractivity contribution >= 4 is 11.5 Å². The highest BCUT2D eigenvalue weighted by atomic mass is 15.4. The fraction of sp³-hybridized carbons (Fsp3) is 0.667. The van der Waals surface area contributed by atoms with Crippen molar-refractivity contribution in [3.05, 3.63) is 6.20 Å². The van der Waals surface area contributed by atoms with Gasteiger partial charge in [-0.15, -0.1) is 0 Å². The summed E-state index contributed by atoms with van der Waals surface area (Å²) in [4.78, 5) is 2.36. The summed E-state index contributed by atoms with van der Waals surface area (Å²) in [6.07, 6.45) is 1.69. The van der Waals surface area contributed by atoms with Gasteiger partial charge in [-0.2, -0.15) is 5.10 Å². The van der Waals surface area contributed by atoms with Crippen LogP contribution in [0.2, 0.25) is 0 Å². The zero-order valence-electron chi connectivity index (χ0n) is 9.03. The van der Waals surface area contributed by atoms with Crippen molar-refractivity contribution in [2.45, 2.75) is 6.54 Å². The second kappa shape index (κ2) is 4.50. The first-order valence-electron chi connectivity index (χ1n) is 5.23. The van der Waals surface area contributed by atoms with E-state index in [2.05, 4.69) is 20.6 Å². The molecule has 1 fully saturated rings. The zero-order chi connectivity index (χ0) is 10.7. The molecular weight excluding hydrogens is 192 g/mol. The monoisotopic (exact) mass is 210 g/mol. The van der Waals surface area contributed by atoms with E-state index in [1.54, 1.807) is 6.20 Å². The summed E-state index contributed by atoms with van der Waals surface area (Å²) in [7, 11) is 1.86. The van der Waals surface area contributed by atoms with Crippen molar-refractivity contribution in [1.29, 1.82) is 0 Å². The highest BCUT2D eigenvalue weighted by molar-refractivity contribution is 5.60. The van der Waals surface area contributed by atoms with Crippen LogP contribution in [0, 0.1) is 0 Å². The number of aromatic nitrogens is 2. The maximum Gasteiger partial charge on any atom is 0.147 e. The molecule has 0 saturated carbocycles. The van der Waals surface area contributed by atoms with Crippen LogP contribution in [0.4, 0.5) is 11.5 Å². The molecule has 0 atom stereocenters. The fourth-order valence-electron chi connectivity index (χ4n) is 1.82. The number of hydrogen-bond acceptors (Lipinski definition) is 5. The van der Waals surface area contributed by atoms with Crippen LogP contribution in [0.3, 0.4) is 0 Å². The van der Waals surface area contributed by atoms with Gasteiger partial charge in [-0.1, -0.05) is 0 Å². The van der Waals surface area contributed by atoms with Gasteiger partial charge in [0.15, 0.2) is 0 Å². The minimum atomic E-state index is 0.706. The lowest BCUT2D eigenvalue weighted by Gasteiger charge is -2.14. The van der Waals surface area contributed by atoms with Crippen molar-refractivity contribution in [3.63, 3.8) is 0 Å². The van der Waals surface area contributed by atoms with Crippen LogP contribution in [0.25, 0.3) is 0 Å². The van der Waals surface area contributed by atoms with Crippen molar-refractivity contribution in [2.75, 3.05) is 44.4 Å². The molecule has 4 N–H and O–H groups in total. The first-order chi connectivity index (χ1) is 7.31. The number of anilines is 2. The Morgan fingerprint density at radius 2 is 2.47 bits per heavy atom. The molecule has 0 radical (unpaired) electrons. The summed E-state index contributed by atoms with van der Waals surface area (Å²) in [5.74, 6) is 0.905. The van der Waals surface area contributed by atoms with E-state index in [0.717, 1.165) is 38.7 Å². The number of nitrogens with zero attached hydrogens (tertiary/aromatic N) is 3. The minimum absolute atomic E-state index is 0.706. The Balaban J connectivity index is 1.92. The maximum atomic E-state index is 5.76. The van der Waals surface area contributed by atoms with Crippen molar-refractivity contribution in [3.8, 4) is 0 Å². The van der Waals surface area contributed by atoms with E-state index < -0.39 is 0 Å². The summed E-state index contributed by atoms with van der Waals surface area (Å²) in [6.45, 7) is 5.05.